The Morgan fingerprint density at radius 2 is 1.95 bits per heavy atom. The molecular formula is C12H8F3NO4. The summed E-state index contributed by atoms with van der Waals surface area (Å²) in [5.74, 6) is -3.11. The number of hydrogen-bond acceptors (Lipinski definition) is 3. The van der Waals surface area contributed by atoms with Gasteiger partial charge in [-0.2, -0.15) is 13.2 Å². The summed E-state index contributed by atoms with van der Waals surface area (Å²) in [5, 5.41) is 11.0. The van der Waals surface area contributed by atoms with E-state index in [0.717, 1.165) is 0 Å². The van der Waals surface area contributed by atoms with Crippen molar-refractivity contribution in [2.75, 3.05) is 0 Å². The van der Waals surface area contributed by atoms with E-state index in [-0.39, 0.29) is 16.9 Å². The number of carboxylic acids is 1. The summed E-state index contributed by atoms with van der Waals surface area (Å²) in [4.78, 5) is 21.4. The van der Waals surface area contributed by atoms with Gasteiger partial charge in [-0.25, -0.2) is 4.79 Å². The Balaban J connectivity index is 2.16. The molecule has 2 N–H and O–H groups in total. The molecule has 0 saturated heterocycles. The molecule has 2 rings (SSSR count). The third-order valence-corrected chi connectivity index (χ3v) is 2.50. The number of nitrogens with one attached hydrogen (secondary N) is 1. The molecule has 1 amide bonds. The number of aromatic carboxylic acids is 1. The number of carbonyl (C=O) groups excluding carboxylic acids is 1. The Morgan fingerprint density at radius 3 is 2.55 bits per heavy atom. The van der Waals surface area contributed by atoms with Crippen LogP contribution in [0.25, 0.3) is 11.0 Å². The lowest BCUT2D eigenvalue weighted by Gasteiger charge is -2.05. The number of benzene rings is 1. The number of carbonyl (C=O) groups is 2. The molecule has 2 aromatic rings. The van der Waals surface area contributed by atoms with Gasteiger partial charge in [-0.3, -0.25) is 4.79 Å². The summed E-state index contributed by atoms with van der Waals surface area (Å²) >= 11 is 0. The maximum Gasteiger partial charge on any atom is 0.471 e. The van der Waals surface area contributed by atoms with Crippen LogP contribution in [0, 0.1) is 0 Å². The number of hydrogen-bond donors (Lipinski definition) is 2. The van der Waals surface area contributed by atoms with Gasteiger partial charge >= 0.3 is 18.1 Å². The molecule has 0 bridgehead atoms. The van der Waals surface area contributed by atoms with Crippen LogP contribution in [-0.4, -0.2) is 23.2 Å². The Morgan fingerprint density at radius 1 is 1.25 bits per heavy atom. The number of fused-ring (bicyclic) bond motifs is 1. The minimum Gasteiger partial charge on any atom is -0.478 e. The topological polar surface area (TPSA) is 79.5 Å². The van der Waals surface area contributed by atoms with E-state index in [1.807, 2.05) is 0 Å². The minimum atomic E-state index is -4.96. The molecule has 106 valence electrons. The second-order valence-electron chi connectivity index (χ2n) is 3.95. The van der Waals surface area contributed by atoms with Gasteiger partial charge in [-0.15, -0.1) is 0 Å². The monoisotopic (exact) mass is 287 g/mol. The van der Waals surface area contributed by atoms with Crippen molar-refractivity contribution in [1.29, 1.82) is 0 Å². The number of amides is 1. The predicted octanol–water partition coefficient (Wildman–Crippen LogP) is 2.31. The number of halogens is 3. The summed E-state index contributed by atoms with van der Waals surface area (Å²) in [7, 11) is 0. The number of furan rings is 1. The molecule has 20 heavy (non-hydrogen) atoms. The highest BCUT2D eigenvalue weighted by Gasteiger charge is 2.38. The zero-order valence-electron chi connectivity index (χ0n) is 9.82. The van der Waals surface area contributed by atoms with Crippen molar-refractivity contribution in [2.45, 2.75) is 12.7 Å². The maximum absolute atomic E-state index is 12.0. The molecular weight excluding hydrogens is 279 g/mol. The Bertz CT molecular complexity index is 675. The van der Waals surface area contributed by atoms with Crippen LogP contribution in [-0.2, 0) is 11.3 Å². The fourth-order valence-electron chi connectivity index (χ4n) is 1.57. The van der Waals surface area contributed by atoms with Crippen LogP contribution in [0.15, 0.2) is 28.7 Å². The van der Waals surface area contributed by atoms with Crippen molar-refractivity contribution >= 4 is 22.8 Å². The van der Waals surface area contributed by atoms with Gasteiger partial charge in [-0.05, 0) is 18.2 Å². The second-order valence-corrected chi connectivity index (χ2v) is 3.95. The maximum atomic E-state index is 12.0. The van der Waals surface area contributed by atoms with Crippen LogP contribution in [0.5, 0.6) is 0 Å². The number of alkyl halides is 3. The molecule has 0 fully saturated rings. The third kappa shape index (κ3) is 2.90. The SMILES string of the molecule is O=C(O)c1ccc2cc(CNC(=O)C(F)(F)F)oc2c1. The van der Waals surface area contributed by atoms with Gasteiger partial charge in [0, 0.05) is 5.39 Å². The molecule has 0 saturated carbocycles. The molecule has 8 heteroatoms. The highest BCUT2D eigenvalue weighted by atomic mass is 19.4. The Labute approximate surface area is 110 Å². The van der Waals surface area contributed by atoms with Crippen LogP contribution < -0.4 is 5.32 Å². The number of rotatable bonds is 3. The fraction of sp³-hybridized carbons (Fsp3) is 0.167. The molecule has 0 unspecified atom stereocenters. The largest absolute Gasteiger partial charge is 0.478 e. The van der Waals surface area contributed by atoms with Crippen LogP contribution in [0.3, 0.4) is 0 Å². The zero-order chi connectivity index (χ0) is 14.9. The first-order chi connectivity index (χ1) is 9.27. The second kappa shape index (κ2) is 4.87. The minimum absolute atomic E-state index is 0.00210. The lowest BCUT2D eigenvalue weighted by molar-refractivity contribution is -0.173. The fourth-order valence-corrected chi connectivity index (χ4v) is 1.57. The molecule has 0 atom stereocenters. The van der Waals surface area contributed by atoms with Crippen molar-refractivity contribution in [3.05, 3.63) is 35.6 Å². The van der Waals surface area contributed by atoms with Crippen molar-refractivity contribution in [2.24, 2.45) is 0 Å². The van der Waals surface area contributed by atoms with Crippen molar-refractivity contribution < 1.29 is 32.3 Å². The lowest BCUT2D eigenvalue weighted by atomic mass is 10.2. The summed E-state index contributed by atoms with van der Waals surface area (Å²) in [5.41, 5.74) is 0.221. The van der Waals surface area contributed by atoms with Crippen LogP contribution in [0.1, 0.15) is 16.1 Å². The first kappa shape index (κ1) is 13.9. The van der Waals surface area contributed by atoms with E-state index in [9.17, 15) is 22.8 Å². The third-order valence-electron chi connectivity index (χ3n) is 2.50. The normalized spacial score (nSPS) is 11.6. The van der Waals surface area contributed by atoms with Crippen LogP contribution in [0.4, 0.5) is 13.2 Å². The van der Waals surface area contributed by atoms with Gasteiger partial charge in [0.25, 0.3) is 0 Å². The molecule has 1 heterocycles. The van der Waals surface area contributed by atoms with Gasteiger partial charge in [0.15, 0.2) is 0 Å². The molecule has 1 aromatic carbocycles. The van der Waals surface area contributed by atoms with E-state index in [0.29, 0.717) is 5.39 Å². The van der Waals surface area contributed by atoms with E-state index in [2.05, 4.69) is 0 Å². The lowest BCUT2D eigenvalue weighted by Crippen LogP contribution is -2.36. The van der Waals surface area contributed by atoms with E-state index in [1.165, 1.54) is 24.3 Å². The van der Waals surface area contributed by atoms with E-state index in [4.69, 9.17) is 9.52 Å². The van der Waals surface area contributed by atoms with Crippen LogP contribution in [0.2, 0.25) is 0 Å². The molecule has 0 aliphatic rings. The van der Waals surface area contributed by atoms with Gasteiger partial charge in [0.1, 0.15) is 11.3 Å². The molecule has 0 aliphatic carbocycles. The van der Waals surface area contributed by atoms with E-state index in [1.54, 1.807) is 5.32 Å². The molecule has 1 aromatic heterocycles. The van der Waals surface area contributed by atoms with Crippen molar-refractivity contribution in [3.8, 4) is 0 Å². The van der Waals surface area contributed by atoms with E-state index < -0.39 is 24.6 Å². The number of carboxylic acid groups (broad SMARTS) is 1. The van der Waals surface area contributed by atoms with Gasteiger partial charge in [0.2, 0.25) is 0 Å². The summed E-state index contributed by atoms with van der Waals surface area (Å²) in [6.07, 6.45) is -4.96. The van der Waals surface area contributed by atoms with Crippen molar-refractivity contribution in [1.82, 2.24) is 5.32 Å². The molecule has 0 radical (unpaired) electrons. The van der Waals surface area contributed by atoms with Crippen LogP contribution >= 0.6 is 0 Å². The van der Waals surface area contributed by atoms with Crippen molar-refractivity contribution in [3.63, 3.8) is 0 Å². The first-order valence-electron chi connectivity index (χ1n) is 5.38. The highest BCUT2D eigenvalue weighted by molar-refractivity contribution is 5.92. The average Bonchev–Trinajstić information content (AvgIpc) is 2.76. The quantitative estimate of drug-likeness (QED) is 0.907. The average molecular weight is 287 g/mol. The summed E-state index contributed by atoms with van der Waals surface area (Å²) in [6, 6.07) is 5.50. The smallest absolute Gasteiger partial charge is 0.471 e. The van der Waals surface area contributed by atoms with Gasteiger partial charge < -0.3 is 14.8 Å². The van der Waals surface area contributed by atoms with Gasteiger partial charge in [0.05, 0.1) is 12.1 Å². The first-order valence-corrected chi connectivity index (χ1v) is 5.38. The predicted molar refractivity (Wildman–Crippen MR) is 61.1 cm³/mol. The summed E-state index contributed by atoms with van der Waals surface area (Å²) in [6.45, 7) is -0.435. The highest BCUT2D eigenvalue weighted by Crippen LogP contribution is 2.21. The van der Waals surface area contributed by atoms with Gasteiger partial charge in [-0.1, -0.05) is 6.07 Å². The Kier molecular flexibility index (Phi) is 3.39. The molecule has 5 nitrogen and oxygen atoms in total. The zero-order valence-corrected chi connectivity index (χ0v) is 9.82. The molecule has 0 aliphatic heterocycles. The Hall–Kier alpha value is -2.51. The standard InChI is InChI=1S/C12H8F3NO4/c13-12(14,15)11(19)16-5-8-3-6-1-2-7(10(17)18)4-9(6)20-8/h1-4H,5H2,(H,16,19)(H,17,18). The van der Waals surface area contributed by atoms with E-state index >= 15 is 0 Å². The molecule has 0 spiro atoms. The summed E-state index contributed by atoms with van der Waals surface area (Å²) < 4.78 is 41.1.